The van der Waals surface area contributed by atoms with Crippen molar-refractivity contribution in [2.45, 2.75) is 37.7 Å². The van der Waals surface area contributed by atoms with Crippen LogP contribution in [0.15, 0.2) is 24.4 Å². The number of rotatable bonds is 3. The van der Waals surface area contributed by atoms with Crippen LogP contribution in [0.4, 0.5) is 26.3 Å². The van der Waals surface area contributed by atoms with Gasteiger partial charge in [-0.15, -0.1) is 0 Å². The normalized spacial score (nSPS) is 16.5. The Morgan fingerprint density at radius 3 is 2.42 bits per heavy atom. The first kappa shape index (κ1) is 22.8. The maximum atomic E-state index is 13.1. The molecule has 0 saturated carbocycles. The van der Waals surface area contributed by atoms with Crippen molar-refractivity contribution in [3.05, 3.63) is 52.9 Å². The molecule has 1 atom stereocenters. The summed E-state index contributed by atoms with van der Waals surface area (Å²) in [6.45, 7) is 0. The van der Waals surface area contributed by atoms with Gasteiger partial charge >= 0.3 is 12.4 Å². The molecule has 3 heterocycles. The number of fused-ring (bicyclic) bond motifs is 1. The molecule has 0 fully saturated rings. The molecule has 0 bridgehead atoms. The first-order valence-electron chi connectivity index (χ1n) is 9.87. The first-order valence-corrected chi connectivity index (χ1v) is 9.87. The number of aryl methyl sites for hydroxylation is 1. The van der Waals surface area contributed by atoms with Crippen molar-refractivity contribution in [2.75, 3.05) is 0 Å². The third-order valence-corrected chi connectivity index (χ3v) is 5.50. The maximum absolute atomic E-state index is 13.1. The van der Waals surface area contributed by atoms with E-state index in [2.05, 4.69) is 20.4 Å². The van der Waals surface area contributed by atoms with Gasteiger partial charge in [-0.05, 0) is 31.4 Å². The van der Waals surface area contributed by atoms with Crippen LogP contribution in [0.25, 0.3) is 11.4 Å². The van der Waals surface area contributed by atoms with E-state index in [0.717, 1.165) is 22.6 Å². The number of alkyl halides is 6. The van der Waals surface area contributed by atoms with Gasteiger partial charge in [0.1, 0.15) is 17.2 Å². The lowest BCUT2D eigenvalue weighted by atomic mass is 9.96. The Morgan fingerprint density at radius 1 is 1.09 bits per heavy atom. The van der Waals surface area contributed by atoms with E-state index in [1.165, 1.54) is 13.1 Å². The van der Waals surface area contributed by atoms with Gasteiger partial charge in [-0.2, -0.15) is 31.4 Å². The monoisotopic (exact) mass is 472 g/mol. The van der Waals surface area contributed by atoms with Gasteiger partial charge in [0, 0.05) is 37.6 Å². The third kappa shape index (κ3) is 4.31. The van der Waals surface area contributed by atoms with Crippen molar-refractivity contribution in [3.63, 3.8) is 0 Å². The molecular formula is C20H18F6N6O. The molecule has 1 aliphatic carbocycles. The van der Waals surface area contributed by atoms with Crippen LogP contribution in [0.5, 0.6) is 0 Å². The predicted molar refractivity (Wildman–Crippen MR) is 103 cm³/mol. The zero-order valence-corrected chi connectivity index (χ0v) is 17.4. The number of nitrogens with one attached hydrogen (secondary N) is 1. The largest absolute Gasteiger partial charge is 0.435 e. The van der Waals surface area contributed by atoms with Gasteiger partial charge in [-0.3, -0.25) is 14.5 Å². The van der Waals surface area contributed by atoms with Crippen LogP contribution in [0, 0.1) is 0 Å². The van der Waals surface area contributed by atoms with Gasteiger partial charge in [-0.1, -0.05) is 0 Å². The van der Waals surface area contributed by atoms with Gasteiger partial charge < -0.3 is 9.88 Å². The molecule has 1 amide bonds. The standard InChI is InChI=1S/C20H18F6N6O/c1-31-12-5-3-4-11(28-18(33)13-9-15(20(24,25)26)30-32(13)2)16(12)29-17(31)10-6-7-27-14(8-10)19(21,22)23/h6-9,11H,3-5H2,1-2H3,(H,28,33)/t11-/m0/s1. The number of imidazole rings is 1. The van der Waals surface area contributed by atoms with Crippen molar-refractivity contribution < 1.29 is 31.1 Å². The number of pyridine rings is 1. The van der Waals surface area contributed by atoms with Crippen molar-refractivity contribution in [1.82, 2.24) is 29.6 Å². The van der Waals surface area contributed by atoms with E-state index in [1.807, 2.05) is 0 Å². The van der Waals surface area contributed by atoms with Crippen LogP contribution in [0.1, 0.15) is 52.1 Å². The van der Waals surface area contributed by atoms with Gasteiger partial charge in [0.2, 0.25) is 0 Å². The zero-order chi connectivity index (χ0) is 24.1. The predicted octanol–water partition coefficient (Wildman–Crippen LogP) is 4.06. The summed E-state index contributed by atoms with van der Waals surface area (Å²) >= 11 is 0. The molecule has 176 valence electrons. The number of amides is 1. The number of hydrogen-bond donors (Lipinski definition) is 1. The lowest BCUT2D eigenvalue weighted by molar-refractivity contribution is -0.142. The van der Waals surface area contributed by atoms with E-state index in [-0.39, 0.29) is 17.1 Å². The van der Waals surface area contributed by atoms with E-state index >= 15 is 0 Å². The van der Waals surface area contributed by atoms with Gasteiger partial charge in [0.05, 0.1) is 11.7 Å². The molecule has 33 heavy (non-hydrogen) atoms. The fourth-order valence-electron chi connectivity index (χ4n) is 3.91. The van der Waals surface area contributed by atoms with Gasteiger partial charge in [0.15, 0.2) is 5.69 Å². The molecular weight excluding hydrogens is 454 g/mol. The summed E-state index contributed by atoms with van der Waals surface area (Å²) in [4.78, 5) is 20.5. The minimum Gasteiger partial charge on any atom is -0.342 e. The van der Waals surface area contributed by atoms with Crippen molar-refractivity contribution in [1.29, 1.82) is 0 Å². The summed E-state index contributed by atoms with van der Waals surface area (Å²) in [5, 5.41) is 6.03. The van der Waals surface area contributed by atoms with Gasteiger partial charge in [0.25, 0.3) is 5.91 Å². The van der Waals surface area contributed by atoms with Crippen LogP contribution >= 0.6 is 0 Å². The molecule has 3 aromatic heterocycles. The zero-order valence-electron chi connectivity index (χ0n) is 17.4. The number of carbonyl (C=O) groups excluding carboxylic acids is 1. The minimum absolute atomic E-state index is 0.209. The van der Waals surface area contributed by atoms with Crippen molar-refractivity contribution >= 4 is 5.91 Å². The van der Waals surface area contributed by atoms with E-state index < -0.39 is 35.7 Å². The second kappa shape index (κ2) is 7.89. The van der Waals surface area contributed by atoms with E-state index in [0.29, 0.717) is 31.0 Å². The lowest BCUT2D eigenvalue weighted by Gasteiger charge is -2.23. The summed E-state index contributed by atoms with van der Waals surface area (Å²) in [5.41, 5.74) is -1.10. The summed E-state index contributed by atoms with van der Waals surface area (Å²) in [5.74, 6) is -0.484. The average molecular weight is 472 g/mol. The molecule has 0 saturated heterocycles. The van der Waals surface area contributed by atoms with Crippen LogP contribution in [0.3, 0.4) is 0 Å². The molecule has 7 nitrogen and oxygen atoms in total. The second-order valence-corrected chi connectivity index (χ2v) is 7.71. The van der Waals surface area contributed by atoms with Crippen LogP contribution < -0.4 is 5.32 Å². The molecule has 0 aromatic carbocycles. The number of carbonyl (C=O) groups is 1. The molecule has 0 spiro atoms. The van der Waals surface area contributed by atoms with E-state index in [4.69, 9.17) is 0 Å². The summed E-state index contributed by atoms with van der Waals surface area (Å²) < 4.78 is 80.5. The first-order chi connectivity index (χ1) is 15.4. The Kier molecular flexibility index (Phi) is 5.45. The Bertz CT molecular complexity index is 1210. The van der Waals surface area contributed by atoms with Crippen molar-refractivity contribution in [3.8, 4) is 11.4 Å². The highest BCUT2D eigenvalue weighted by Crippen LogP contribution is 2.35. The van der Waals surface area contributed by atoms with Crippen LogP contribution in [-0.4, -0.2) is 30.2 Å². The summed E-state index contributed by atoms with van der Waals surface area (Å²) in [7, 11) is 2.90. The highest BCUT2D eigenvalue weighted by molar-refractivity contribution is 5.93. The second-order valence-electron chi connectivity index (χ2n) is 7.71. The summed E-state index contributed by atoms with van der Waals surface area (Å²) in [6, 6.07) is 2.36. The number of halogens is 6. The van der Waals surface area contributed by atoms with Crippen LogP contribution in [0.2, 0.25) is 0 Å². The minimum atomic E-state index is -4.69. The lowest BCUT2D eigenvalue weighted by Crippen LogP contribution is -2.32. The highest BCUT2D eigenvalue weighted by Gasteiger charge is 2.36. The number of hydrogen-bond acceptors (Lipinski definition) is 4. The molecule has 1 aliphatic rings. The molecule has 0 unspecified atom stereocenters. The number of nitrogens with zero attached hydrogens (tertiary/aromatic N) is 5. The molecule has 0 aliphatic heterocycles. The Hall–Kier alpha value is -3.38. The maximum Gasteiger partial charge on any atom is 0.435 e. The smallest absolute Gasteiger partial charge is 0.342 e. The Labute approximate surface area is 183 Å². The fourth-order valence-corrected chi connectivity index (χ4v) is 3.91. The SMILES string of the molecule is Cn1nc(C(F)(F)F)cc1C(=O)N[C@H]1CCCc2c1nc(-c1ccnc(C(F)(F)F)c1)n2C. The van der Waals surface area contributed by atoms with E-state index in [1.54, 1.807) is 11.6 Å². The topological polar surface area (TPSA) is 77.6 Å². The van der Waals surface area contributed by atoms with Crippen molar-refractivity contribution in [2.24, 2.45) is 14.1 Å². The molecule has 4 rings (SSSR count). The Balaban J connectivity index is 1.64. The van der Waals surface area contributed by atoms with Crippen LogP contribution in [-0.2, 0) is 32.9 Å². The Morgan fingerprint density at radius 2 is 1.79 bits per heavy atom. The molecule has 0 radical (unpaired) electrons. The number of aromatic nitrogens is 5. The van der Waals surface area contributed by atoms with Gasteiger partial charge in [-0.25, -0.2) is 4.98 Å². The highest BCUT2D eigenvalue weighted by atomic mass is 19.4. The third-order valence-electron chi connectivity index (χ3n) is 5.50. The fraction of sp³-hybridized carbons (Fsp3) is 0.400. The van der Waals surface area contributed by atoms with E-state index in [9.17, 15) is 31.1 Å². The molecule has 1 N–H and O–H groups in total. The summed E-state index contributed by atoms with van der Waals surface area (Å²) in [6.07, 6.45) is -6.54. The molecule has 3 aromatic rings. The quantitative estimate of drug-likeness (QED) is 0.584. The average Bonchev–Trinajstić information content (AvgIpc) is 3.29. The molecule has 13 heteroatoms.